The number of aliphatic hydroxyl groups is 1. The fraction of sp³-hybridized carbons (Fsp3) is 0.875. The summed E-state index contributed by atoms with van der Waals surface area (Å²) in [6.45, 7) is 0.957. The van der Waals surface area contributed by atoms with Gasteiger partial charge in [-0.2, -0.15) is 0 Å². The van der Waals surface area contributed by atoms with Crippen molar-refractivity contribution in [2.75, 3.05) is 26.1 Å². The van der Waals surface area contributed by atoms with Crippen molar-refractivity contribution < 1.29 is 9.90 Å². The van der Waals surface area contributed by atoms with Crippen molar-refractivity contribution in [2.45, 2.75) is 19.3 Å². The Morgan fingerprint density at radius 3 is 2.58 bits per heavy atom. The van der Waals surface area contributed by atoms with E-state index < -0.39 is 0 Å². The molecule has 12 heavy (non-hydrogen) atoms. The number of amides is 1. The van der Waals surface area contributed by atoms with Crippen LogP contribution in [0.4, 0.5) is 0 Å². The molecular weight excluding hydrogens is 178 g/mol. The molecule has 1 amide bonds. The third kappa shape index (κ3) is 5.38. The minimum atomic E-state index is -0.0411. The van der Waals surface area contributed by atoms with Gasteiger partial charge >= 0.3 is 0 Å². The normalized spacial score (nSPS) is 9.92. The Bertz CT molecular complexity index is 130. The first-order valence-electron chi connectivity index (χ1n) is 4.13. The molecule has 0 aromatic rings. The largest absolute Gasteiger partial charge is 0.396 e. The van der Waals surface area contributed by atoms with E-state index in [4.69, 9.17) is 16.7 Å². The van der Waals surface area contributed by atoms with E-state index in [9.17, 15) is 4.79 Å². The van der Waals surface area contributed by atoms with Crippen LogP contribution in [0.3, 0.4) is 0 Å². The van der Waals surface area contributed by atoms with E-state index in [0.717, 1.165) is 25.8 Å². The van der Waals surface area contributed by atoms with Gasteiger partial charge < -0.3 is 10.0 Å². The van der Waals surface area contributed by atoms with Crippen molar-refractivity contribution >= 4 is 17.5 Å². The fourth-order valence-corrected chi connectivity index (χ4v) is 1.07. The molecule has 0 saturated carbocycles. The summed E-state index contributed by atoms with van der Waals surface area (Å²) >= 11 is 5.36. The van der Waals surface area contributed by atoms with Gasteiger partial charge in [0.05, 0.1) is 0 Å². The summed E-state index contributed by atoms with van der Waals surface area (Å²) in [5.74, 6) is 0.0110. The molecule has 0 aliphatic carbocycles. The molecule has 0 fully saturated rings. The zero-order valence-corrected chi connectivity index (χ0v) is 8.18. The van der Waals surface area contributed by atoms with Crippen molar-refractivity contribution in [2.24, 2.45) is 0 Å². The van der Waals surface area contributed by atoms with Crippen molar-refractivity contribution in [3.8, 4) is 0 Å². The van der Waals surface area contributed by atoms with Gasteiger partial charge in [0.1, 0.15) is 5.88 Å². The maximum absolute atomic E-state index is 10.9. The lowest BCUT2D eigenvalue weighted by molar-refractivity contribution is -0.127. The Labute approximate surface area is 78.3 Å². The molecule has 0 saturated heterocycles. The van der Waals surface area contributed by atoms with Crippen LogP contribution < -0.4 is 0 Å². The Balaban J connectivity index is 3.31. The quantitative estimate of drug-likeness (QED) is 0.502. The molecular formula is C8H16ClNO2. The van der Waals surface area contributed by atoms with E-state index in [2.05, 4.69) is 0 Å². The Morgan fingerprint density at radius 2 is 2.08 bits per heavy atom. The van der Waals surface area contributed by atoms with Gasteiger partial charge in [-0.05, 0) is 19.3 Å². The summed E-state index contributed by atoms with van der Waals surface area (Å²) in [7, 11) is 1.74. The minimum Gasteiger partial charge on any atom is -0.396 e. The van der Waals surface area contributed by atoms with E-state index >= 15 is 0 Å². The second kappa shape index (κ2) is 7.37. The summed E-state index contributed by atoms with van der Waals surface area (Å²) in [6, 6.07) is 0. The van der Waals surface area contributed by atoms with Gasteiger partial charge in [-0.25, -0.2) is 0 Å². The van der Waals surface area contributed by atoms with Crippen LogP contribution >= 0.6 is 11.6 Å². The highest BCUT2D eigenvalue weighted by molar-refractivity contribution is 6.27. The molecule has 72 valence electrons. The molecule has 0 aromatic heterocycles. The summed E-state index contributed by atoms with van der Waals surface area (Å²) in [4.78, 5) is 12.5. The van der Waals surface area contributed by atoms with Gasteiger partial charge in [-0.3, -0.25) is 4.79 Å². The molecule has 4 heteroatoms. The lowest BCUT2D eigenvalue weighted by atomic mass is 10.2. The molecule has 0 unspecified atom stereocenters. The number of rotatable bonds is 6. The van der Waals surface area contributed by atoms with Crippen LogP contribution in [0.25, 0.3) is 0 Å². The molecule has 0 rings (SSSR count). The lowest BCUT2D eigenvalue weighted by Crippen LogP contribution is -2.28. The summed E-state index contributed by atoms with van der Waals surface area (Å²) < 4.78 is 0. The monoisotopic (exact) mass is 193 g/mol. The van der Waals surface area contributed by atoms with Crippen LogP contribution in [0.5, 0.6) is 0 Å². The van der Waals surface area contributed by atoms with Gasteiger partial charge in [0.15, 0.2) is 0 Å². The molecule has 0 aliphatic rings. The van der Waals surface area contributed by atoms with E-state index in [1.54, 1.807) is 11.9 Å². The first kappa shape index (κ1) is 11.7. The highest BCUT2D eigenvalue weighted by Crippen LogP contribution is 1.97. The fourth-order valence-electron chi connectivity index (χ4n) is 0.864. The second-order valence-electron chi connectivity index (χ2n) is 2.73. The van der Waals surface area contributed by atoms with Crippen molar-refractivity contribution in [3.05, 3.63) is 0 Å². The Hall–Kier alpha value is -0.280. The van der Waals surface area contributed by atoms with Gasteiger partial charge in [0.25, 0.3) is 0 Å². The third-order valence-electron chi connectivity index (χ3n) is 1.69. The van der Waals surface area contributed by atoms with E-state index in [1.165, 1.54) is 0 Å². The van der Waals surface area contributed by atoms with Crippen LogP contribution in [-0.4, -0.2) is 42.0 Å². The van der Waals surface area contributed by atoms with Crippen molar-refractivity contribution in [3.63, 3.8) is 0 Å². The number of aliphatic hydroxyl groups excluding tert-OH is 1. The predicted molar refractivity (Wildman–Crippen MR) is 49.3 cm³/mol. The number of unbranched alkanes of at least 4 members (excludes halogenated alkanes) is 2. The standard InChI is InChI=1S/C8H16ClNO2/c1-10(8(12)7-9)5-3-2-4-6-11/h11H,2-7H2,1H3. The lowest BCUT2D eigenvalue weighted by Gasteiger charge is -2.14. The van der Waals surface area contributed by atoms with Gasteiger partial charge in [-0.15, -0.1) is 11.6 Å². The predicted octanol–water partition coefficient (Wildman–Crippen LogP) is 0.846. The Morgan fingerprint density at radius 1 is 1.42 bits per heavy atom. The highest BCUT2D eigenvalue weighted by atomic mass is 35.5. The number of hydrogen-bond donors (Lipinski definition) is 1. The third-order valence-corrected chi connectivity index (χ3v) is 1.92. The molecule has 0 aliphatic heterocycles. The van der Waals surface area contributed by atoms with E-state index in [0.29, 0.717) is 0 Å². The highest BCUT2D eigenvalue weighted by Gasteiger charge is 2.04. The summed E-state index contributed by atoms with van der Waals surface area (Å²) in [5.41, 5.74) is 0. The number of carbonyl (C=O) groups is 1. The number of hydrogen-bond acceptors (Lipinski definition) is 2. The first-order chi connectivity index (χ1) is 5.72. The maximum Gasteiger partial charge on any atom is 0.237 e. The molecule has 1 N–H and O–H groups in total. The molecule has 0 atom stereocenters. The van der Waals surface area contributed by atoms with E-state index in [1.807, 2.05) is 0 Å². The van der Waals surface area contributed by atoms with Gasteiger partial charge in [0, 0.05) is 20.2 Å². The van der Waals surface area contributed by atoms with Crippen LogP contribution in [-0.2, 0) is 4.79 Å². The zero-order chi connectivity index (χ0) is 9.40. The number of alkyl halides is 1. The van der Waals surface area contributed by atoms with Crippen molar-refractivity contribution in [1.82, 2.24) is 4.90 Å². The average molecular weight is 194 g/mol. The van der Waals surface area contributed by atoms with Gasteiger partial charge in [0.2, 0.25) is 5.91 Å². The van der Waals surface area contributed by atoms with Crippen LogP contribution in [0.2, 0.25) is 0 Å². The van der Waals surface area contributed by atoms with Crippen molar-refractivity contribution in [1.29, 1.82) is 0 Å². The van der Waals surface area contributed by atoms with Crippen LogP contribution in [0, 0.1) is 0 Å². The first-order valence-corrected chi connectivity index (χ1v) is 4.66. The molecule has 0 radical (unpaired) electrons. The maximum atomic E-state index is 10.9. The van der Waals surface area contributed by atoms with E-state index in [-0.39, 0.29) is 18.4 Å². The number of halogens is 1. The summed E-state index contributed by atoms with van der Waals surface area (Å²) in [5, 5.41) is 8.49. The average Bonchev–Trinajstić information content (AvgIpc) is 2.10. The minimum absolute atomic E-state index is 0.0411. The molecule has 0 aromatic carbocycles. The molecule has 3 nitrogen and oxygen atoms in total. The smallest absolute Gasteiger partial charge is 0.237 e. The zero-order valence-electron chi connectivity index (χ0n) is 7.42. The van der Waals surface area contributed by atoms with Crippen LogP contribution in [0.15, 0.2) is 0 Å². The Kier molecular flexibility index (Phi) is 7.20. The molecule has 0 spiro atoms. The SMILES string of the molecule is CN(CCCCCO)C(=O)CCl. The molecule has 0 bridgehead atoms. The van der Waals surface area contributed by atoms with Gasteiger partial charge in [-0.1, -0.05) is 0 Å². The topological polar surface area (TPSA) is 40.5 Å². The second-order valence-corrected chi connectivity index (χ2v) is 3.00. The molecule has 0 heterocycles. The number of carbonyl (C=O) groups excluding carboxylic acids is 1. The van der Waals surface area contributed by atoms with Crippen LogP contribution in [0.1, 0.15) is 19.3 Å². The number of nitrogens with zero attached hydrogens (tertiary/aromatic N) is 1. The summed E-state index contributed by atoms with van der Waals surface area (Å²) in [6.07, 6.45) is 2.69.